The van der Waals surface area contributed by atoms with E-state index in [9.17, 15) is 0 Å². The monoisotopic (exact) mass is 310 g/mol. The molecule has 0 aromatic carbocycles. The fourth-order valence-corrected chi connectivity index (χ4v) is 5.00. The highest BCUT2D eigenvalue weighted by atomic mass is 32.2. The molecule has 20 heavy (non-hydrogen) atoms. The minimum atomic E-state index is 0.747. The molecular formula is C14H22N4S2. The van der Waals surface area contributed by atoms with Gasteiger partial charge in [0.25, 0.3) is 0 Å². The average Bonchev–Trinajstić information content (AvgIpc) is 3.17. The summed E-state index contributed by atoms with van der Waals surface area (Å²) in [6, 6.07) is 2.03. The molecule has 2 atom stereocenters. The maximum absolute atomic E-state index is 4.30. The van der Waals surface area contributed by atoms with Crippen LogP contribution in [0.25, 0.3) is 0 Å². The first kappa shape index (κ1) is 14.3. The fourth-order valence-electron chi connectivity index (χ4n) is 2.60. The zero-order valence-electron chi connectivity index (χ0n) is 11.7. The first-order valence-electron chi connectivity index (χ1n) is 7.43. The normalized spacial score (nSPS) is 25.8. The van der Waals surface area contributed by atoms with Crippen LogP contribution in [0, 0.1) is 0 Å². The first-order valence-corrected chi connectivity index (χ1v) is 9.53. The Bertz CT molecular complexity index is 382. The average molecular weight is 310 g/mol. The summed E-state index contributed by atoms with van der Waals surface area (Å²) in [5, 5.41) is 8.37. The molecule has 3 heterocycles. The second-order valence-corrected chi connectivity index (χ2v) is 8.14. The van der Waals surface area contributed by atoms with Crippen LogP contribution in [0.5, 0.6) is 0 Å². The molecule has 3 rings (SSSR count). The molecule has 2 aliphatic rings. The third-order valence-corrected chi connectivity index (χ3v) is 6.53. The van der Waals surface area contributed by atoms with Gasteiger partial charge in [-0.3, -0.25) is 0 Å². The number of rotatable bonds is 6. The van der Waals surface area contributed by atoms with Crippen LogP contribution in [-0.2, 0) is 0 Å². The van der Waals surface area contributed by atoms with Gasteiger partial charge in [-0.1, -0.05) is 0 Å². The van der Waals surface area contributed by atoms with Crippen LogP contribution in [0.15, 0.2) is 12.4 Å². The molecule has 4 nitrogen and oxygen atoms in total. The van der Waals surface area contributed by atoms with Gasteiger partial charge in [0, 0.05) is 29.7 Å². The summed E-state index contributed by atoms with van der Waals surface area (Å²) in [5.41, 5.74) is 0. The lowest BCUT2D eigenvalue weighted by molar-refractivity contribution is 0.800. The molecule has 2 aliphatic heterocycles. The second kappa shape index (κ2) is 7.41. The third-order valence-electron chi connectivity index (χ3n) is 3.74. The van der Waals surface area contributed by atoms with Crippen molar-refractivity contribution in [1.82, 2.24) is 9.97 Å². The largest absolute Gasteiger partial charge is 0.369 e. The van der Waals surface area contributed by atoms with Gasteiger partial charge in [0.2, 0.25) is 0 Å². The van der Waals surface area contributed by atoms with Gasteiger partial charge >= 0.3 is 0 Å². The molecule has 0 aliphatic carbocycles. The minimum absolute atomic E-state index is 0.747. The Labute approximate surface area is 129 Å². The molecule has 1 aromatic heterocycles. The molecule has 2 fully saturated rings. The Kier molecular flexibility index (Phi) is 5.30. The molecule has 0 radical (unpaired) electrons. The SMILES string of the molecule is c1nc(NCC2CCCS2)cc(NCC2CCCS2)n1. The summed E-state index contributed by atoms with van der Waals surface area (Å²) in [7, 11) is 0. The van der Waals surface area contributed by atoms with Crippen molar-refractivity contribution in [2.45, 2.75) is 36.2 Å². The Morgan fingerprint density at radius 3 is 1.95 bits per heavy atom. The Hall–Kier alpha value is -0.620. The number of thioether (sulfide) groups is 2. The predicted octanol–water partition coefficient (Wildman–Crippen LogP) is 3.09. The highest BCUT2D eigenvalue weighted by Gasteiger charge is 2.16. The summed E-state index contributed by atoms with van der Waals surface area (Å²) >= 11 is 4.14. The lowest BCUT2D eigenvalue weighted by atomic mass is 10.2. The second-order valence-electron chi connectivity index (χ2n) is 5.32. The van der Waals surface area contributed by atoms with Crippen molar-refractivity contribution in [2.24, 2.45) is 0 Å². The van der Waals surface area contributed by atoms with Crippen LogP contribution in [0.3, 0.4) is 0 Å². The molecule has 2 unspecified atom stereocenters. The van der Waals surface area contributed by atoms with Gasteiger partial charge in [-0.15, -0.1) is 0 Å². The smallest absolute Gasteiger partial charge is 0.131 e. The summed E-state index contributed by atoms with van der Waals surface area (Å²) in [6.45, 7) is 2.03. The lowest BCUT2D eigenvalue weighted by Gasteiger charge is -2.13. The predicted molar refractivity (Wildman–Crippen MR) is 90.0 cm³/mol. The van der Waals surface area contributed by atoms with Crippen LogP contribution >= 0.6 is 23.5 Å². The zero-order chi connectivity index (χ0) is 13.6. The molecule has 1 aromatic rings. The maximum atomic E-state index is 4.30. The molecule has 110 valence electrons. The molecule has 0 saturated carbocycles. The molecule has 0 amide bonds. The van der Waals surface area contributed by atoms with Crippen LogP contribution in [-0.4, -0.2) is 45.1 Å². The number of aromatic nitrogens is 2. The Morgan fingerprint density at radius 2 is 1.50 bits per heavy atom. The molecule has 0 bridgehead atoms. The van der Waals surface area contributed by atoms with E-state index in [1.807, 2.05) is 6.07 Å². The highest BCUT2D eigenvalue weighted by molar-refractivity contribution is 8.00. The summed E-state index contributed by atoms with van der Waals surface area (Å²) in [6.07, 6.45) is 7.01. The van der Waals surface area contributed by atoms with Crippen LogP contribution in [0.4, 0.5) is 11.6 Å². The zero-order valence-corrected chi connectivity index (χ0v) is 13.3. The summed E-state index contributed by atoms with van der Waals surface area (Å²) in [4.78, 5) is 8.61. The quantitative estimate of drug-likeness (QED) is 0.842. The van der Waals surface area contributed by atoms with Crippen molar-refractivity contribution in [2.75, 3.05) is 35.2 Å². The van der Waals surface area contributed by atoms with E-state index in [1.54, 1.807) is 6.33 Å². The molecule has 6 heteroatoms. The van der Waals surface area contributed by atoms with Gasteiger partial charge in [-0.05, 0) is 37.2 Å². The lowest BCUT2D eigenvalue weighted by Crippen LogP contribution is -2.16. The number of hydrogen-bond acceptors (Lipinski definition) is 6. The van der Waals surface area contributed by atoms with E-state index < -0.39 is 0 Å². The Balaban J connectivity index is 1.46. The van der Waals surface area contributed by atoms with E-state index in [0.717, 1.165) is 35.2 Å². The standard InChI is InChI=1S/C14H22N4S2/c1-3-11(19-5-1)8-15-13-7-14(18-10-17-13)16-9-12-4-2-6-20-12/h7,10-12H,1-6,8-9H2,(H2,15,16,17,18). The van der Waals surface area contributed by atoms with E-state index in [1.165, 1.54) is 37.2 Å². The first-order chi connectivity index (χ1) is 9.90. The number of nitrogens with one attached hydrogen (secondary N) is 2. The van der Waals surface area contributed by atoms with E-state index in [4.69, 9.17) is 0 Å². The van der Waals surface area contributed by atoms with Gasteiger partial charge in [-0.25, -0.2) is 9.97 Å². The third kappa shape index (κ3) is 4.19. The maximum Gasteiger partial charge on any atom is 0.131 e. The minimum Gasteiger partial charge on any atom is -0.369 e. The van der Waals surface area contributed by atoms with Gasteiger partial charge in [0.1, 0.15) is 18.0 Å². The Morgan fingerprint density at radius 1 is 0.950 bits per heavy atom. The topological polar surface area (TPSA) is 49.8 Å². The van der Waals surface area contributed by atoms with Crippen molar-refractivity contribution < 1.29 is 0 Å². The number of hydrogen-bond donors (Lipinski definition) is 2. The summed E-state index contributed by atoms with van der Waals surface area (Å²) < 4.78 is 0. The van der Waals surface area contributed by atoms with E-state index in [0.29, 0.717) is 0 Å². The molecule has 2 N–H and O–H groups in total. The van der Waals surface area contributed by atoms with Crippen molar-refractivity contribution in [3.8, 4) is 0 Å². The van der Waals surface area contributed by atoms with E-state index >= 15 is 0 Å². The summed E-state index contributed by atoms with van der Waals surface area (Å²) in [5.74, 6) is 4.49. The van der Waals surface area contributed by atoms with Crippen molar-refractivity contribution in [1.29, 1.82) is 0 Å². The van der Waals surface area contributed by atoms with Gasteiger partial charge in [-0.2, -0.15) is 23.5 Å². The van der Waals surface area contributed by atoms with Crippen molar-refractivity contribution >= 4 is 35.2 Å². The molecular weight excluding hydrogens is 288 g/mol. The van der Waals surface area contributed by atoms with E-state index in [2.05, 4.69) is 44.1 Å². The van der Waals surface area contributed by atoms with Crippen molar-refractivity contribution in [3.05, 3.63) is 12.4 Å². The number of anilines is 2. The fraction of sp³-hybridized carbons (Fsp3) is 0.714. The molecule has 0 spiro atoms. The van der Waals surface area contributed by atoms with Crippen LogP contribution in [0.1, 0.15) is 25.7 Å². The van der Waals surface area contributed by atoms with Crippen LogP contribution in [0.2, 0.25) is 0 Å². The van der Waals surface area contributed by atoms with Crippen LogP contribution < -0.4 is 10.6 Å². The van der Waals surface area contributed by atoms with Gasteiger partial charge in [0.15, 0.2) is 0 Å². The highest BCUT2D eigenvalue weighted by Crippen LogP contribution is 2.27. The molecule has 2 saturated heterocycles. The number of nitrogens with zero attached hydrogens (tertiary/aromatic N) is 2. The van der Waals surface area contributed by atoms with Crippen molar-refractivity contribution in [3.63, 3.8) is 0 Å². The van der Waals surface area contributed by atoms with Gasteiger partial charge in [0.05, 0.1) is 0 Å². The van der Waals surface area contributed by atoms with E-state index in [-0.39, 0.29) is 0 Å². The van der Waals surface area contributed by atoms with Gasteiger partial charge < -0.3 is 10.6 Å².